The molecular weight excluding hydrogens is 292 g/mol. The zero-order valence-corrected chi connectivity index (χ0v) is 12.5. The minimum absolute atomic E-state index is 0.282. The van der Waals surface area contributed by atoms with Gasteiger partial charge in [0.2, 0.25) is 5.78 Å². The fourth-order valence-electron chi connectivity index (χ4n) is 2.74. The molecule has 0 radical (unpaired) electrons. The molecule has 1 atom stereocenters. The highest BCUT2D eigenvalue weighted by atomic mass is 16.6. The predicted molar refractivity (Wildman–Crippen MR) is 84.7 cm³/mol. The van der Waals surface area contributed by atoms with Crippen LogP contribution in [0.25, 0.3) is 5.57 Å². The number of ether oxygens (including phenoxy) is 1. The Hall–Kier alpha value is -3.01. The summed E-state index contributed by atoms with van der Waals surface area (Å²) in [5, 5.41) is 0. The Labute approximate surface area is 133 Å². The summed E-state index contributed by atoms with van der Waals surface area (Å²) in [6, 6.07) is 17.2. The SMILES string of the molecule is CC(=O)C1(C(=O)c2ccccc2)OC(=O)C=C1c1ccccc1. The van der Waals surface area contributed by atoms with Gasteiger partial charge in [-0.1, -0.05) is 60.7 Å². The topological polar surface area (TPSA) is 60.4 Å². The third-order valence-electron chi connectivity index (χ3n) is 3.83. The van der Waals surface area contributed by atoms with E-state index in [1.54, 1.807) is 54.6 Å². The van der Waals surface area contributed by atoms with Crippen LogP contribution in [0.15, 0.2) is 66.7 Å². The molecule has 2 aromatic rings. The normalized spacial score (nSPS) is 19.9. The van der Waals surface area contributed by atoms with E-state index in [0.717, 1.165) is 0 Å². The Bertz CT molecular complexity index is 806. The molecule has 0 spiro atoms. The molecule has 0 amide bonds. The largest absolute Gasteiger partial charge is 0.434 e. The molecular formula is C19H14O4. The molecule has 0 fully saturated rings. The van der Waals surface area contributed by atoms with Crippen molar-refractivity contribution in [3.63, 3.8) is 0 Å². The maximum Gasteiger partial charge on any atom is 0.333 e. The first-order chi connectivity index (χ1) is 11.1. The maximum absolute atomic E-state index is 13.0. The van der Waals surface area contributed by atoms with Crippen LogP contribution in [-0.2, 0) is 14.3 Å². The van der Waals surface area contributed by atoms with E-state index in [1.807, 2.05) is 6.07 Å². The Morgan fingerprint density at radius 3 is 2.04 bits per heavy atom. The second kappa shape index (κ2) is 5.65. The summed E-state index contributed by atoms with van der Waals surface area (Å²) in [7, 11) is 0. The smallest absolute Gasteiger partial charge is 0.333 e. The summed E-state index contributed by atoms with van der Waals surface area (Å²) in [5.41, 5.74) is -0.707. The number of rotatable bonds is 4. The number of ketones is 2. The molecule has 0 aliphatic carbocycles. The van der Waals surface area contributed by atoms with Crippen molar-refractivity contribution < 1.29 is 19.1 Å². The maximum atomic E-state index is 13.0. The van der Waals surface area contributed by atoms with Gasteiger partial charge in [-0.3, -0.25) is 9.59 Å². The molecule has 4 nitrogen and oxygen atoms in total. The molecule has 0 N–H and O–H groups in total. The average molecular weight is 306 g/mol. The van der Waals surface area contributed by atoms with Gasteiger partial charge in [-0.2, -0.15) is 0 Å². The third-order valence-corrected chi connectivity index (χ3v) is 3.83. The quantitative estimate of drug-likeness (QED) is 0.495. The number of hydrogen-bond donors (Lipinski definition) is 0. The molecule has 1 unspecified atom stereocenters. The molecule has 0 aromatic heterocycles. The molecule has 2 aromatic carbocycles. The average Bonchev–Trinajstić information content (AvgIpc) is 2.94. The van der Waals surface area contributed by atoms with Crippen LogP contribution < -0.4 is 0 Å². The number of Topliss-reactive ketones (excluding diaryl/α,β-unsaturated/α-hetero) is 2. The summed E-state index contributed by atoms with van der Waals surface area (Å²) in [6.45, 7) is 1.26. The van der Waals surface area contributed by atoms with Crippen LogP contribution in [0.1, 0.15) is 22.8 Å². The van der Waals surface area contributed by atoms with Crippen molar-refractivity contribution in [2.45, 2.75) is 12.5 Å². The minimum atomic E-state index is -1.92. The molecule has 114 valence electrons. The second-order valence-electron chi connectivity index (χ2n) is 5.28. The summed E-state index contributed by atoms with van der Waals surface area (Å²) in [5.74, 6) is -1.75. The van der Waals surface area contributed by atoms with Gasteiger partial charge in [-0.15, -0.1) is 0 Å². The molecule has 1 aliphatic heterocycles. The van der Waals surface area contributed by atoms with Gasteiger partial charge in [0.1, 0.15) is 0 Å². The fraction of sp³-hybridized carbons (Fsp3) is 0.105. The molecule has 0 saturated heterocycles. The number of benzene rings is 2. The third kappa shape index (κ3) is 2.38. The molecule has 0 bridgehead atoms. The van der Waals surface area contributed by atoms with Gasteiger partial charge in [0.25, 0.3) is 5.60 Å². The van der Waals surface area contributed by atoms with Crippen molar-refractivity contribution in [3.8, 4) is 0 Å². The molecule has 4 heteroatoms. The highest BCUT2D eigenvalue weighted by Gasteiger charge is 2.54. The Morgan fingerprint density at radius 2 is 1.48 bits per heavy atom. The number of carbonyl (C=O) groups is 3. The minimum Gasteiger partial charge on any atom is -0.434 e. The van der Waals surface area contributed by atoms with E-state index in [9.17, 15) is 14.4 Å². The van der Waals surface area contributed by atoms with Crippen molar-refractivity contribution in [3.05, 3.63) is 77.9 Å². The van der Waals surface area contributed by atoms with Crippen molar-refractivity contribution in [1.29, 1.82) is 0 Å². The van der Waals surface area contributed by atoms with Crippen molar-refractivity contribution in [2.75, 3.05) is 0 Å². The van der Waals surface area contributed by atoms with E-state index in [4.69, 9.17) is 4.74 Å². The molecule has 1 heterocycles. The zero-order valence-electron chi connectivity index (χ0n) is 12.5. The first kappa shape index (κ1) is 14.9. The lowest BCUT2D eigenvalue weighted by atomic mass is 9.80. The Morgan fingerprint density at radius 1 is 0.913 bits per heavy atom. The van der Waals surface area contributed by atoms with E-state index >= 15 is 0 Å². The monoisotopic (exact) mass is 306 g/mol. The van der Waals surface area contributed by atoms with Gasteiger partial charge >= 0.3 is 5.97 Å². The lowest BCUT2D eigenvalue weighted by molar-refractivity contribution is -0.149. The summed E-state index contributed by atoms with van der Waals surface area (Å²) in [6.07, 6.45) is 1.22. The van der Waals surface area contributed by atoms with Crippen LogP contribution in [0.3, 0.4) is 0 Å². The summed E-state index contributed by atoms with van der Waals surface area (Å²) >= 11 is 0. The van der Waals surface area contributed by atoms with Crippen molar-refractivity contribution in [1.82, 2.24) is 0 Å². The standard InChI is InChI=1S/C19H14O4/c1-13(20)19(18(22)15-10-6-3-7-11-15)16(12-17(21)23-19)14-8-4-2-5-9-14/h2-12H,1H3. The van der Waals surface area contributed by atoms with Gasteiger partial charge in [-0.05, 0) is 12.5 Å². The predicted octanol–water partition coefficient (Wildman–Crippen LogP) is 2.84. The second-order valence-corrected chi connectivity index (χ2v) is 5.28. The Balaban J connectivity index is 2.18. The first-order valence-corrected chi connectivity index (χ1v) is 7.17. The van der Waals surface area contributed by atoms with Crippen LogP contribution in [0.5, 0.6) is 0 Å². The number of cyclic esters (lactones) is 1. The van der Waals surface area contributed by atoms with Crippen LogP contribution in [0.4, 0.5) is 0 Å². The van der Waals surface area contributed by atoms with Gasteiger partial charge in [0, 0.05) is 17.2 Å². The zero-order chi connectivity index (χ0) is 16.4. The molecule has 23 heavy (non-hydrogen) atoms. The van der Waals surface area contributed by atoms with Crippen LogP contribution >= 0.6 is 0 Å². The van der Waals surface area contributed by atoms with Crippen molar-refractivity contribution in [2.24, 2.45) is 0 Å². The number of esters is 1. The van der Waals surface area contributed by atoms with Gasteiger partial charge in [0.15, 0.2) is 5.78 Å². The van der Waals surface area contributed by atoms with Gasteiger partial charge in [-0.25, -0.2) is 4.79 Å². The van der Waals surface area contributed by atoms with E-state index in [1.165, 1.54) is 13.0 Å². The highest BCUT2D eigenvalue weighted by Crippen LogP contribution is 2.39. The van der Waals surface area contributed by atoms with E-state index < -0.39 is 23.1 Å². The van der Waals surface area contributed by atoms with Crippen molar-refractivity contribution >= 4 is 23.1 Å². The van der Waals surface area contributed by atoms with E-state index in [-0.39, 0.29) is 5.57 Å². The Kier molecular flexibility index (Phi) is 3.66. The lowest BCUT2D eigenvalue weighted by Gasteiger charge is -2.27. The molecule has 3 rings (SSSR count). The van der Waals surface area contributed by atoms with E-state index in [0.29, 0.717) is 11.1 Å². The summed E-state index contributed by atoms with van der Waals surface area (Å²) < 4.78 is 5.26. The van der Waals surface area contributed by atoms with E-state index in [2.05, 4.69) is 0 Å². The van der Waals surface area contributed by atoms with Crippen LogP contribution in [0, 0.1) is 0 Å². The summed E-state index contributed by atoms with van der Waals surface area (Å²) in [4.78, 5) is 37.3. The fourth-order valence-corrected chi connectivity index (χ4v) is 2.74. The van der Waals surface area contributed by atoms with Gasteiger partial charge in [0.05, 0.1) is 0 Å². The van der Waals surface area contributed by atoms with Crippen LogP contribution in [-0.4, -0.2) is 23.1 Å². The number of hydrogen-bond acceptors (Lipinski definition) is 4. The first-order valence-electron chi connectivity index (χ1n) is 7.17. The highest BCUT2D eigenvalue weighted by molar-refractivity contribution is 6.29. The van der Waals surface area contributed by atoms with Crippen LogP contribution in [0.2, 0.25) is 0 Å². The number of carbonyl (C=O) groups excluding carboxylic acids is 3. The molecule has 1 aliphatic rings. The molecule has 0 saturated carbocycles. The lowest BCUT2D eigenvalue weighted by Crippen LogP contribution is -2.47. The van der Waals surface area contributed by atoms with Gasteiger partial charge < -0.3 is 4.74 Å².